The van der Waals surface area contributed by atoms with Crippen molar-refractivity contribution in [3.05, 3.63) is 36.0 Å². The van der Waals surface area contributed by atoms with E-state index in [0.29, 0.717) is 72.1 Å². The summed E-state index contributed by atoms with van der Waals surface area (Å²) in [7, 11) is 1.41. The molecule has 10 heteroatoms. The smallest absolute Gasteiger partial charge is 0.255 e. The van der Waals surface area contributed by atoms with E-state index in [1.54, 1.807) is 11.1 Å². The van der Waals surface area contributed by atoms with Crippen LogP contribution in [-0.4, -0.2) is 64.5 Å². The Morgan fingerprint density at radius 2 is 2.06 bits per heavy atom. The number of aromatic amines is 1. The van der Waals surface area contributed by atoms with Crippen LogP contribution in [0, 0.1) is 11.7 Å². The Morgan fingerprint density at radius 1 is 1.23 bits per heavy atom. The van der Waals surface area contributed by atoms with Gasteiger partial charge in [-0.2, -0.15) is 0 Å². The first-order valence-corrected chi connectivity index (χ1v) is 11.9. The number of hydrogen-bond donors (Lipinski definition) is 2. The largest absolute Gasteiger partial charge is 0.494 e. The van der Waals surface area contributed by atoms with Crippen molar-refractivity contribution in [2.24, 2.45) is 5.92 Å². The van der Waals surface area contributed by atoms with Crippen molar-refractivity contribution in [1.82, 2.24) is 25.2 Å². The molecule has 0 radical (unpaired) electrons. The monoisotopic (exact) mass is 481 g/mol. The third-order valence-electron chi connectivity index (χ3n) is 6.57. The van der Waals surface area contributed by atoms with Crippen molar-refractivity contribution in [3.8, 4) is 22.8 Å². The zero-order chi connectivity index (χ0) is 24.5. The topological polar surface area (TPSA) is 109 Å². The molecule has 3 aromatic rings. The van der Waals surface area contributed by atoms with Crippen LogP contribution < -0.4 is 14.8 Å². The van der Waals surface area contributed by atoms with Crippen LogP contribution in [0.4, 0.5) is 4.39 Å². The molecule has 2 N–H and O–H groups in total. The summed E-state index contributed by atoms with van der Waals surface area (Å²) in [6, 6.07) is 2.74. The lowest BCUT2D eigenvalue weighted by Crippen LogP contribution is -2.38. The zero-order valence-electron chi connectivity index (χ0n) is 19.8. The number of H-pyrrole nitrogens is 1. The fourth-order valence-electron chi connectivity index (χ4n) is 4.40. The second-order valence-electron chi connectivity index (χ2n) is 9.04. The highest BCUT2D eigenvalue weighted by Gasteiger charge is 2.28. The Kier molecular flexibility index (Phi) is 6.27. The lowest BCUT2D eigenvalue weighted by Gasteiger charge is -2.16. The summed E-state index contributed by atoms with van der Waals surface area (Å²) in [6.07, 6.45) is 6.31. The molecule has 1 saturated carbocycles. The summed E-state index contributed by atoms with van der Waals surface area (Å²) in [4.78, 5) is 38.6. The van der Waals surface area contributed by atoms with Gasteiger partial charge in [0.05, 0.1) is 24.8 Å². The first kappa shape index (κ1) is 23.1. The molecule has 1 saturated heterocycles. The molecule has 0 unspecified atom stereocenters. The number of likely N-dealkylation sites (tertiary alicyclic amines) is 1. The van der Waals surface area contributed by atoms with E-state index in [9.17, 15) is 14.0 Å². The minimum absolute atomic E-state index is 0.0812. The summed E-state index contributed by atoms with van der Waals surface area (Å²) in [5.74, 6) is 0.306. The van der Waals surface area contributed by atoms with Gasteiger partial charge in [-0.25, -0.2) is 14.4 Å². The number of aromatic nitrogens is 3. The number of ether oxygens (including phenoxy) is 2. The van der Waals surface area contributed by atoms with E-state index in [1.807, 2.05) is 6.92 Å². The molecule has 1 aliphatic heterocycles. The molecule has 0 bridgehead atoms. The van der Waals surface area contributed by atoms with Crippen molar-refractivity contribution >= 4 is 22.8 Å². The predicted molar refractivity (Wildman–Crippen MR) is 127 cm³/mol. The van der Waals surface area contributed by atoms with Gasteiger partial charge in [0.15, 0.2) is 11.6 Å². The van der Waals surface area contributed by atoms with Gasteiger partial charge in [0, 0.05) is 43.4 Å². The minimum Gasteiger partial charge on any atom is -0.494 e. The molecular formula is C25H28FN5O4. The summed E-state index contributed by atoms with van der Waals surface area (Å²) >= 11 is 0. The van der Waals surface area contributed by atoms with Gasteiger partial charge in [0.2, 0.25) is 5.91 Å². The number of benzene rings is 1. The second kappa shape index (κ2) is 9.52. The highest BCUT2D eigenvalue weighted by atomic mass is 19.1. The number of carbonyl (C=O) groups excluding carboxylic acids is 2. The summed E-state index contributed by atoms with van der Waals surface area (Å²) in [5.41, 5.74) is 2.18. The van der Waals surface area contributed by atoms with Crippen LogP contribution in [0.25, 0.3) is 22.3 Å². The molecule has 2 aromatic heterocycles. The number of hydrogen-bond acceptors (Lipinski definition) is 6. The fourth-order valence-corrected chi connectivity index (χ4v) is 4.40. The zero-order valence-corrected chi connectivity index (χ0v) is 19.8. The number of halogens is 1. The lowest BCUT2D eigenvalue weighted by atomic mass is 10.1. The molecule has 184 valence electrons. The van der Waals surface area contributed by atoms with Gasteiger partial charge in [-0.3, -0.25) is 9.59 Å². The highest BCUT2D eigenvalue weighted by Crippen LogP contribution is 2.39. The van der Waals surface area contributed by atoms with Crippen LogP contribution in [0.3, 0.4) is 0 Å². The van der Waals surface area contributed by atoms with E-state index in [-0.39, 0.29) is 23.6 Å². The predicted octanol–water partition coefficient (Wildman–Crippen LogP) is 3.30. The average molecular weight is 482 g/mol. The Morgan fingerprint density at radius 3 is 2.80 bits per heavy atom. The number of methoxy groups -OCH3 is 1. The van der Waals surface area contributed by atoms with E-state index >= 15 is 0 Å². The minimum atomic E-state index is -0.537. The van der Waals surface area contributed by atoms with Gasteiger partial charge in [0.25, 0.3) is 5.91 Å². The Bertz CT molecular complexity index is 1270. The standard InChI is InChI=1S/C25H28FN5O4/c1-3-21(32)31-7-6-15(11-31)30-25(33)17-10-27-24-22(28-13-29-23(17)24)16-8-18(26)20(34-2)9-19(16)35-12-14-4-5-14/h8-10,13-15,27H,3-7,11-12H2,1-2H3,(H,30,33)/t15-/m1/s1. The maximum absolute atomic E-state index is 14.7. The molecule has 1 aliphatic carbocycles. The number of fused-ring (bicyclic) bond motifs is 1. The molecule has 5 rings (SSSR count). The number of rotatable bonds is 8. The van der Waals surface area contributed by atoms with Gasteiger partial charge in [-0.05, 0) is 31.2 Å². The molecule has 0 spiro atoms. The Balaban J connectivity index is 1.43. The van der Waals surface area contributed by atoms with Gasteiger partial charge in [-0.1, -0.05) is 6.92 Å². The van der Waals surface area contributed by atoms with E-state index < -0.39 is 5.82 Å². The molecular weight excluding hydrogens is 453 g/mol. The molecule has 2 aliphatic rings. The quantitative estimate of drug-likeness (QED) is 0.511. The summed E-state index contributed by atoms with van der Waals surface area (Å²) in [5, 5.41) is 3.00. The van der Waals surface area contributed by atoms with Crippen molar-refractivity contribution in [1.29, 1.82) is 0 Å². The Hall–Kier alpha value is -3.69. The summed E-state index contributed by atoms with van der Waals surface area (Å²) in [6.45, 7) is 3.49. The number of nitrogens with one attached hydrogen (secondary N) is 2. The van der Waals surface area contributed by atoms with Crippen LogP contribution in [0.5, 0.6) is 11.5 Å². The van der Waals surface area contributed by atoms with Crippen LogP contribution in [0.2, 0.25) is 0 Å². The van der Waals surface area contributed by atoms with Crippen LogP contribution >= 0.6 is 0 Å². The third-order valence-corrected chi connectivity index (χ3v) is 6.57. The maximum Gasteiger partial charge on any atom is 0.255 e. The lowest BCUT2D eigenvalue weighted by molar-refractivity contribution is -0.129. The summed E-state index contributed by atoms with van der Waals surface area (Å²) < 4.78 is 25.8. The van der Waals surface area contributed by atoms with E-state index in [0.717, 1.165) is 12.8 Å². The van der Waals surface area contributed by atoms with Crippen molar-refractivity contribution < 1.29 is 23.5 Å². The van der Waals surface area contributed by atoms with Crippen LogP contribution in [-0.2, 0) is 4.79 Å². The van der Waals surface area contributed by atoms with Gasteiger partial charge in [0.1, 0.15) is 23.3 Å². The SMILES string of the molecule is CCC(=O)N1CC[C@@H](NC(=O)c2c[nH]c3c(-c4cc(F)c(OC)cc4OCC4CC4)ncnc23)C1. The van der Waals surface area contributed by atoms with Crippen LogP contribution in [0.1, 0.15) is 43.0 Å². The van der Waals surface area contributed by atoms with E-state index in [4.69, 9.17) is 9.47 Å². The van der Waals surface area contributed by atoms with Crippen molar-refractivity contribution in [2.75, 3.05) is 26.8 Å². The third kappa shape index (κ3) is 4.65. The van der Waals surface area contributed by atoms with Crippen molar-refractivity contribution in [3.63, 3.8) is 0 Å². The molecule has 3 heterocycles. The van der Waals surface area contributed by atoms with Gasteiger partial charge >= 0.3 is 0 Å². The first-order valence-electron chi connectivity index (χ1n) is 11.9. The molecule has 2 amide bonds. The number of nitrogens with zero attached hydrogens (tertiary/aromatic N) is 3. The maximum atomic E-state index is 14.7. The molecule has 1 aromatic carbocycles. The fraction of sp³-hybridized carbons (Fsp3) is 0.440. The second-order valence-corrected chi connectivity index (χ2v) is 9.04. The normalized spacial score (nSPS) is 17.6. The molecule has 1 atom stereocenters. The number of carbonyl (C=O) groups is 2. The first-order chi connectivity index (χ1) is 17.0. The van der Waals surface area contributed by atoms with Gasteiger partial charge in [-0.15, -0.1) is 0 Å². The van der Waals surface area contributed by atoms with Crippen LogP contribution in [0.15, 0.2) is 24.7 Å². The molecule has 9 nitrogen and oxygen atoms in total. The average Bonchev–Trinajstić information content (AvgIpc) is 3.40. The number of amides is 2. The van der Waals surface area contributed by atoms with E-state index in [2.05, 4.69) is 20.3 Å². The Labute approximate surface area is 202 Å². The van der Waals surface area contributed by atoms with Gasteiger partial charge < -0.3 is 24.7 Å². The molecule has 35 heavy (non-hydrogen) atoms. The van der Waals surface area contributed by atoms with E-state index in [1.165, 1.54) is 25.6 Å². The van der Waals surface area contributed by atoms with Crippen molar-refractivity contribution in [2.45, 2.75) is 38.6 Å². The highest BCUT2D eigenvalue weighted by molar-refractivity contribution is 6.08. The molecule has 2 fully saturated rings.